The zero-order valence-corrected chi connectivity index (χ0v) is 13.7. The number of thiophene rings is 1. The van der Waals surface area contributed by atoms with Gasteiger partial charge in [0.1, 0.15) is 6.17 Å². The normalized spacial score (nSPS) is 24.6. The van der Waals surface area contributed by atoms with E-state index in [0.717, 1.165) is 19.4 Å². The summed E-state index contributed by atoms with van der Waals surface area (Å²) in [5.41, 5.74) is 0. The van der Waals surface area contributed by atoms with Gasteiger partial charge in [-0.3, -0.25) is 10.1 Å². The molecule has 4 heteroatoms. The Bertz CT molecular complexity index is 430. The molecule has 1 saturated heterocycles. The lowest BCUT2D eigenvalue weighted by Crippen LogP contribution is -2.36. The van der Waals surface area contributed by atoms with Gasteiger partial charge in [0.2, 0.25) is 5.91 Å². The SMILES string of the molecule is CCC(C)C1NC(c2cccs2)N(CCC(C)C)C1=O. The van der Waals surface area contributed by atoms with Crippen molar-refractivity contribution in [3.05, 3.63) is 22.4 Å². The fourth-order valence-electron chi connectivity index (χ4n) is 2.60. The van der Waals surface area contributed by atoms with Crippen molar-refractivity contribution in [2.45, 2.75) is 52.7 Å². The van der Waals surface area contributed by atoms with Crippen LogP contribution in [0.15, 0.2) is 17.5 Å². The van der Waals surface area contributed by atoms with Crippen molar-refractivity contribution >= 4 is 17.2 Å². The van der Waals surface area contributed by atoms with Gasteiger partial charge in [-0.1, -0.05) is 40.2 Å². The highest BCUT2D eigenvalue weighted by Gasteiger charge is 2.41. The van der Waals surface area contributed by atoms with Crippen molar-refractivity contribution in [2.75, 3.05) is 6.54 Å². The number of hydrogen-bond donors (Lipinski definition) is 1. The number of carbonyl (C=O) groups is 1. The molecule has 1 amide bonds. The minimum Gasteiger partial charge on any atom is -0.321 e. The maximum Gasteiger partial charge on any atom is 0.241 e. The molecule has 1 aliphatic rings. The van der Waals surface area contributed by atoms with Gasteiger partial charge in [-0.05, 0) is 29.7 Å². The van der Waals surface area contributed by atoms with Crippen LogP contribution in [0.1, 0.15) is 51.6 Å². The van der Waals surface area contributed by atoms with Gasteiger partial charge < -0.3 is 4.90 Å². The average Bonchev–Trinajstić information content (AvgIpc) is 3.03. The fraction of sp³-hybridized carbons (Fsp3) is 0.688. The van der Waals surface area contributed by atoms with Crippen LogP contribution in [-0.2, 0) is 4.79 Å². The molecule has 1 aromatic heterocycles. The summed E-state index contributed by atoms with van der Waals surface area (Å²) >= 11 is 1.73. The third-order valence-electron chi connectivity index (χ3n) is 4.17. The lowest BCUT2D eigenvalue weighted by atomic mass is 9.99. The maximum atomic E-state index is 12.7. The van der Waals surface area contributed by atoms with Crippen LogP contribution < -0.4 is 5.32 Å². The summed E-state index contributed by atoms with van der Waals surface area (Å²) in [6.45, 7) is 9.57. The monoisotopic (exact) mass is 294 g/mol. The van der Waals surface area contributed by atoms with Gasteiger partial charge in [-0.25, -0.2) is 0 Å². The molecule has 3 nitrogen and oxygen atoms in total. The van der Waals surface area contributed by atoms with Crippen LogP contribution in [0.5, 0.6) is 0 Å². The second-order valence-corrected chi connectivity index (χ2v) is 7.14. The third-order valence-corrected chi connectivity index (χ3v) is 5.10. The third kappa shape index (κ3) is 3.23. The van der Waals surface area contributed by atoms with Gasteiger partial charge in [0.15, 0.2) is 0 Å². The highest BCUT2D eigenvalue weighted by Crippen LogP contribution is 2.31. The van der Waals surface area contributed by atoms with E-state index in [1.165, 1.54) is 4.88 Å². The lowest BCUT2D eigenvalue weighted by Gasteiger charge is -2.24. The van der Waals surface area contributed by atoms with Gasteiger partial charge in [-0.15, -0.1) is 11.3 Å². The molecule has 112 valence electrons. The zero-order chi connectivity index (χ0) is 14.7. The molecule has 1 aliphatic heterocycles. The average molecular weight is 294 g/mol. The Balaban J connectivity index is 2.17. The first kappa shape index (κ1) is 15.5. The summed E-state index contributed by atoms with van der Waals surface area (Å²) in [7, 11) is 0. The molecule has 1 N–H and O–H groups in total. The predicted octanol–water partition coefficient (Wildman–Crippen LogP) is 3.64. The standard InChI is InChI=1S/C16H26N2OS/c1-5-12(4)14-16(19)18(9-8-11(2)3)15(17-14)13-7-6-10-20-13/h6-7,10-12,14-15,17H,5,8-9H2,1-4H3. The Hall–Kier alpha value is -0.870. The van der Waals surface area contributed by atoms with Crippen molar-refractivity contribution in [3.63, 3.8) is 0 Å². The van der Waals surface area contributed by atoms with Crippen molar-refractivity contribution in [1.29, 1.82) is 0 Å². The van der Waals surface area contributed by atoms with Gasteiger partial charge >= 0.3 is 0 Å². The van der Waals surface area contributed by atoms with Crippen LogP contribution in [0.3, 0.4) is 0 Å². The van der Waals surface area contributed by atoms with E-state index in [1.807, 2.05) is 4.90 Å². The van der Waals surface area contributed by atoms with E-state index in [4.69, 9.17) is 0 Å². The Morgan fingerprint density at radius 2 is 2.15 bits per heavy atom. The molecule has 2 heterocycles. The van der Waals surface area contributed by atoms with E-state index in [0.29, 0.717) is 11.8 Å². The van der Waals surface area contributed by atoms with Crippen LogP contribution >= 0.6 is 11.3 Å². The van der Waals surface area contributed by atoms with E-state index < -0.39 is 0 Å². The molecule has 0 radical (unpaired) electrons. The largest absolute Gasteiger partial charge is 0.321 e. The molecular formula is C16H26N2OS. The molecule has 1 fully saturated rings. The van der Waals surface area contributed by atoms with Crippen LogP contribution in [0.4, 0.5) is 0 Å². The second-order valence-electron chi connectivity index (χ2n) is 6.16. The molecule has 0 spiro atoms. The highest BCUT2D eigenvalue weighted by atomic mass is 32.1. The predicted molar refractivity (Wildman–Crippen MR) is 84.6 cm³/mol. The van der Waals surface area contributed by atoms with E-state index in [2.05, 4.69) is 50.5 Å². The van der Waals surface area contributed by atoms with Crippen molar-refractivity contribution in [3.8, 4) is 0 Å². The summed E-state index contributed by atoms with van der Waals surface area (Å²) in [6, 6.07) is 4.15. The lowest BCUT2D eigenvalue weighted by molar-refractivity contribution is -0.131. The molecule has 20 heavy (non-hydrogen) atoms. The summed E-state index contributed by atoms with van der Waals surface area (Å²) in [5.74, 6) is 1.28. The first-order valence-electron chi connectivity index (χ1n) is 7.64. The molecule has 3 atom stereocenters. The summed E-state index contributed by atoms with van der Waals surface area (Å²) in [5, 5.41) is 5.64. The van der Waals surface area contributed by atoms with E-state index in [-0.39, 0.29) is 18.1 Å². The van der Waals surface area contributed by atoms with Gasteiger partial charge in [-0.2, -0.15) is 0 Å². The maximum absolute atomic E-state index is 12.7. The number of amides is 1. The molecule has 2 rings (SSSR count). The Morgan fingerprint density at radius 1 is 1.40 bits per heavy atom. The molecule has 1 aromatic rings. The molecule has 0 aliphatic carbocycles. The number of nitrogens with one attached hydrogen (secondary N) is 1. The molecule has 3 unspecified atom stereocenters. The Kier molecular flexibility index (Phi) is 5.22. The van der Waals surface area contributed by atoms with E-state index in [9.17, 15) is 4.79 Å². The topological polar surface area (TPSA) is 32.3 Å². The number of nitrogens with zero attached hydrogens (tertiary/aromatic N) is 1. The first-order valence-corrected chi connectivity index (χ1v) is 8.52. The molecule has 0 bridgehead atoms. The minimum atomic E-state index is -0.0285. The Morgan fingerprint density at radius 3 is 2.70 bits per heavy atom. The smallest absolute Gasteiger partial charge is 0.241 e. The number of carbonyl (C=O) groups excluding carboxylic acids is 1. The quantitative estimate of drug-likeness (QED) is 0.869. The van der Waals surface area contributed by atoms with Crippen LogP contribution in [0.2, 0.25) is 0 Å². The van der Waals surface area contributed by atoms with Crippen molar-refractivity contribution < 1.29 is 4.79 Å². The molecular weight excluding hydrogens is 268 g/mol. The number of rotatable bonds is 6. The molecule has 0 saturated carbocycles. The van der Waals surface area contributed by atoms with E-state index >= 15 is 0 Å². The van der Waals surface area contributed by atoms with E-state index in [1.54, 1.807) is 11.3 Å². The number of hydrogen-bond acceptors (Lipinski definition) is 3. The van der Waals surface area contributed by atoms with Crippen molar-refractivity contribution in [2.24, 2.45) is 11.8 Å². The Labute approximate surface area is 126 Å². The fourth-order valence-corrected chi connectivity index (χ4v) is 3.40. The first-order chi connectivity index (χ1) is 9.54. The van der Waals surface area contributed by atoms with Crippen molar-refractivity contribution in [1.82, 2.24) is 10.2 Å². The summed E-state index contributed by atoms with van der Waals surface area (Å²) in [6.07, 6.45) is 2.15. The van der Waals surface area contributed by atoms with Crippen LogP contribution in [0.25, 0.3) is 0 Å². The summed E-state index contributed by atoms with van der Waals surface area (Å²) < 4.78 is 0. The minimum absolute atomic E-state index is 0.0285. The van der Waals surface area contributed by atoms with Gasteiger partial charge in [0, 0.05) is 11.4 Å². The van der Waals surface area contributed by atoms with Gasteiger partial charge in [0.25, 0.3) is 0 Å². The summed E-state index contributed by atoms with van der Waals surface area (Å²) in [4.78, 5) is 16.0. The van der Waals surface area contributed by atoms with Crippen LogP contribution in [-0.4, -0.2) is 23.4 Å². The highest BCUT2D eigenvalue weighted by molar-refractivity contribution is 7.10. The van der Waals surface area contributed by atoms with Crippen LogP contribution in [0, 0.1) is 11.8 Å². The van der Waals surface area contributed by atoms with Gasteiger partial charge in [0.05, 0.1) is 6.04 Å². The molecule has 0 aromatic carbocycles. The second kappa shape index (κ2) is 6.72. The zero-order valence-electron chi connectivity index (χ0n) is 12.9.